The van der Waals surface area contributed by atoms with Gasteiger partial charge in [-0.15, -0.1) is 6.58 Å². The lowest BCUT2D eigenvalue weighted by Crippen LogP contribution is -2.37. The van der Waals surface area contributed by atoms with E-state index in [0.717, 1.165) is 5.56 Å². The van der Waals surface area contributed by atoms with Crippen LogP contribution in [0.15, 0.2) is 71.8 Å². The summed E-state index contributed by atoms with van der Waals surface area (Å²) in [6, 6.07) is 13.2. The van der Waals surface area contributed by atoms with Crippen LogP contribution in [-0.2, 0) is 14.3 Å². The third-order valence-corrected chi connectivity index (χ3v) is 4.40. The van der Waals surface area contributed by atoms with Crippen molar-refractivity contribution in [3.05, 3.63) is 77.9 Å². The van der Waals surface area contributed by atoms with Crippen LogP contribution in [0.2, 0.25) is 0 Å². The fraction of sp³-hybridized carbons (Fsp3) is 0.200. The number of rotatable bonds is 10. The van der Waals surface area contributed by atoms with Crippen molar-refractivity contribution in [2.24, 2.45) is 10.7 Å². The molecule has 0 unspecified atom stereocenters. The topological polar surface area (TPSA) is 111 Å². The number of aliphatic imine (C=N–C) groups is 1. The molecule has 2 N–H and O–H groups in total. The van der Waals surface area contributed by atoms with Crippen molar-refractivity contribution >= 4 is 35.9 Å². The first-order valence-electron chi connectivity index (χ1n) is 10.3. The predicted octanol–water partition coefficient (Wildman–Crippen LogP) is 3.51. The summed E-state index contributed by atoms with van der Waals surface area (Å²) in [6.45, 7) is 7.29. The van der Waals surface area contributed by atoms with Gasteiger partial charge in [0.15, 0.2) is 0 Å². The molecule has 0 heterocycles. The van der Waals surface area contributed by atoms with Gasteiger partial charge in [-0.2, -0.15) is 0 Å². The number of ether oxygens (including phenoxy) is 2. The van der Waals surface area contributed by atoms with Gasteiger partial charge in [0.2, 0.25) is 5.91 Å². The first-order chi connectivity index (χ1) is 15.9. The van der Waals surface area contributed by atoms with Gasteiger partial charge in [0.05, 0.1) is 24.2 Å². The zero-order valence-corrected chi connectivity index (χ0v) is 18.7. The van der Waals surface area contributed by atoms with Gasteiger partial charge >= 0.3 is 11.9 Å². The van der Waals surface area contributed by atoms with Gasteiger partial charge < -0.3 is 20.1 Å². The highest BCUT2D eigenvalue weighted by Gasteiger charge is 2.18. The van der Waals surface area contributed by atoms with Gasteiger partial charge in [-0.25, -0.2) is 9.79 Å². The van der Waals surface area contributed by atoms with Crippen molar-refractivity contribution < 1.29 is 23.9 Å². The largest absolute Gasteiger partial charge is 0.465 e. The van der Waals surface area contributed by atoms with Gasteiger partial charge in [-0.1, -0.05) is 18.2 Å². The van der Waals surface area contributed by atoms with Crippen molar-refractivity contribution in [2.75, 3.05) is 19.7 Å². The molecule has 172 valence electrons. The average Bonchev–Trinajstić information content (AvgIpc) is 2.80. The number of nitrogens with two attached hydrogens (primary N) is 1. The Balaban J connectivity index is 2.06. The van der Waals surface area contributed by atoms with E-state index in [1.54, 1.807) is 74.5 Å². The summed E-state index contributed by atoms with van der Waals surface area (Å²) in [5.41, 5.74) is 7.40. The van der Waals surface area contributed by atoms with Crippen LogP contribution >= 0.6 is 0 Å². The maximum atomic E-state index is 12.7. The van der Waals surface area contributed by atoms with Crippen LogP contribution in [-0.4, -0.2) is 48.8 Å². The summed E-state index contributed by atoms with van der Waals surface area (Å²) in [7, 11) is 0. The van der Waals surface area contributed by atoms with Crippen LogP contribution in [0.5, 0.6) is 5.75 Å². The number of carbonyl (C=O) groups is 3. The second-order valence-electron chi connectivity index (χ2n) is 6.89. The molecule has 0 saturated heterocycles. The lowest BCUT2D eigenvalue weighted by atomic mass is 10.1. The van der Waals surface area contributed by atoms with Gasteiger partial charge in [-0.05, 0) is 61.9 Å². The Labute approximate surface area is 193 Å². The van der Waals surface area contributed by atoms with E-state index >= 15 is 0 Å². The van der Waals surface area contributed by atoms with E-state index in [1.165, 1.54) is 11.2 Å². The molecule has 8 nitrogen and oxygen atoms in total. The molecule has 1 amide bonds. The fourth-order valence-corrected chi connectivity index (χ4v) is 2.87. The first kappa shape index (κ1) is 25.1. The van der Waals surface area contributed by atoms with E-state index in [9.17, 15) is 14.4 Å². The molecule has 2 aromatic rings. The molecule has 2 rings (SSSR count). The molecule has 0 aliphatic rings. The number of hydrogen-bond donors (Lipinski definition) is 1. The summed E-state index contributed by atoms with van der Waals surface area (Å²) >= 11 is 0. The highest BCUT2D eigenvalue weighted by molar-refractivity contribution is 5.99. The maximum Gasteiger partial charge on any atom is 0.343 e. The number of nitrogens with zero attached hydrogens (tertiary/aromatic N) is 2. The van der Waals surface area contributed by atoms with Gasteiger partial charge in [-0.3, -0.25) is 9.59 Å². The van der Waals surface area contributed by atoms with Gasteiger partial charge in [0.1, 0.15) is 12.3 Å². The van der Waals surface area contributed by atoms with Crippen LogP contribution in [0.3, 0.4) is 0 Å². The molecule has 0 fully saturated rings. The van der Waals surface area contributed by atoms with Crippen LogP contribution in [0.1, 0.15) is 29.8 Å². The SMILES string of the molecule is C=CCN(CC(=O)OCC)C(=O)/C(C)=C/c1ccc(C(=O)Oc2ccc(N=CN)cc2)cc1. The minimum absolute atomic E-state index is 0.159. The molecule has 0 aliphatic heterocycles. The Morgan fingerprint density at radius 2 is 1.76 bits per heavy atom. The number of hydrogen-bond acceptors (Lipinski definition) is 6. The van der Waals surface area contributed by atoms with E-state index in [1.807, 2.05) is 0 Å². The van der Waals surface area contributed by atoms with E-state index in [2.05, 4.69) is 11.6 Å². The fourth-order valence-electron chi connectivity index (χ4n) is 2.87. The zero-order valence-electron chi connectivity index (χ0n) is 18.7. The minimum Gasteiger partial charge on any atom is -0.465 e. The molecule has 0 aromatic heterocycles. The number of amides is 1. The summed E-state index contributed by atoms with van der Waals surface area (Å²) in [5, 5.41) is 0. The van der Waals surface area contributed by atoms with E-state index in [-0.39, 0.29) is 25.6 Å². The third-order valence-electron chi connectivity index (χ3n) is 4.40. The second-order valence-corrected chi connectivity index (χ2v) is 6.89. The molecule has 0 bridgehead atoms. The first-order valence-corrected chi connectivity index (χ1v) is 10.3. The highest BCUT2D eigenvalue weighted by Crippen LogP contribution is 2.19. The summed E-state index contributed by atoms with van der Waals surface area (Å²) in [5.74, 6) is -0.927. The number of carbonyl (C=O) groups excluding carboxylic acids is 3. The Morgan fingerprint density at radius 3 is 2.33 bits per heavy atom. The monoisotopic (exact) mass is 449 g/mol. The molecule has 2 aromatic carbocycles. The van der Waals surface area contributed by atoms with E-state index in [0.29, 0.717) is 22.6 Å². The van der Waals surface area contributed by atoms with E-state index in [4.69, 9.17) is 15.2 Å². The molecular weight excluding hydrogens is 422 g/mol. The average molecular weight is 450 g/mol. The van der Waals surface area contributed by atoms with Crippen molar-refractivity contribution in [1.29, 1.82) is 0 Å². The van der Waals surface area contributed by atoms with Gasteiger partial charge in [0, 0.05) is 12.1 Å². The molecule has 33 heavy (non-hydrogen) atoms. The zero-order chi connectivity index (χ0) is 24.2. The molecular formula is C25H27N3O5. The highest BCUT2D eigenvalue weighted by atomic mass is 16.5. The predicted molar refractivity (Wildman–Crippen MR) is 127 cm³/mol. The van der Waals surface area contributed by atoms with E-state index < -0.39 is 11.9 Å². The van der Waals surface area contributed by atoms with Crippen LogP contribution in [0, 0.1) is 0 Å². The normalized spacial score (nSPS) is 11.2. The molecule has 0 radical (unpaired) electrons. The smallest absolute Gasteiger partial charge is 0.343 e. The molecule has 0 saturated carbocycles. The summed E-state index contributed by atoms with van der Waals surface area (Å²) in [6.07, 6.45) is 4.41. The van der Waals surface area contributed by atoms with Crippen molar-refractivity contribution in [1.82, 2.24) is 4.90 Å². The molecule has 0 spiro atoms. The standard InChI is InChI=1S/C25H27N3O5/c1-4-14-28(16-23(29)32-5-2)24(30)18(3)15-19-6-8-20(9-7-19)25(31)33-22-12-10-21(11-13-22)27-17-26/h4,6-13,15,17H,1,5,14,16H2,2-3H3,(H2,26,27)/b18-15+. The summed E-state index contributed by atoms with van der Waals surface area (Å²) < 4.78 is 10.3. The van der Waals surface area contributed by atoms with Crippen molar-refractivity contribution in [3.8, 4) is 5.75 Å². The molecule has 0 atom stereocenters. The van der Waals surface area contributed by atoms with Crippen LogP contribution < -0.4 is 10.5 Å². The molecule has 0 aliphatic carbocycles. The van der Waals surface area contributed by atoms with Crippen molar-refractivity contribution in [2.45, 2.75) is 13.8 Å². The number of benzene rings is 2. The summed E-state index contributed by atoms with van der Waals surface area (Å²) in [4.78, 5) is 42.2. The third kappa shape index (κ3) is 7.77. The van der Waals surface area contributed by atoms with Crippen LogP contribution in [0.4, 0.5) is 5.69 Å². The van der Waals surface area contributed by atoms with Crippen molar-refractivity contribution in [3.63, 3.8) is 0 Å². The quantitative estimate of drug-likeness (QED) is 0.148. The Kier molecular flexibility index (Phi) is 9.57. The Hall–Kier alpha value is -4.20. The maximum absolute atomic E-state index is 12.7. The van der Waals surface area contributed by atoms with Crippen LogP contribution in [0.25, 0.3) is 6.08 Å². The molecule has 8 heteroatoms. The lowest BCUT2D eigenvalue weighted by Gasteiger charge is -2.20. The Bertz CT molecular complexity index is 1040. The number of esters is 2. The second kappa shape index (κ2) is 12.6. The Morgan fingerprint density at radius 1 is 1.09 bits per heavy atom. The lowest BCUT2D eigenvalue weighted by molar-refractivity contribution is -0.147. The minimum atomic E-state index is -0.514. The van der Waals surface area contributed by atoms with Gasteiger partial charge in [0.25, 0.3) is 0 Å².